The van der Waals surface area contributed by atoms with Gasteiger partial charge < -0.3 is 35.4 Å². The molecule has 1 aliphatic carbocycles. The van der Waals surface area contributed by atoms with Crippen LogP contribution in [0.2, 0.25) is 0 Å². The predicted octanol–water partition coefficient (Wildman–Crippen LogP) is 1.66. The van der Waals surface area contributed by atoms with Crippen molar-refractivity contribution in [3.8, 4) is 0 Å². The highest BCUT2D eigenvalue weighted by molar-refractivity contribution is 6.38. The molecule has 49 heavy (non-hydrogen) atoms. The first-order valence-corrected chi connectivity index (χ1v) is 16.7. The van der Waals surface area contributed by atoms with Crippen molar-refractivity contribution in [3.63, 3.8) is 0 Å². The molecule has 5 N–H and O–H groups in total. The summed E-state index contributed by atoms with van der Waals surface area (Å²) in [6.45, 7) is 7.77. The number of nitrogens with one attached hydrogen (secondary N) is 4. The highest BCUT2D eigenvalue weighted by Crippen LogP contribution is 2.39. The number of benzene rings is 1. The molecule has 15 heteroatoms. The Labute approximate surface area is 284 Å². The number of likely N-dealkylation sites (tertiary alicyclic amines) is 1. The van der Waals surface area contributed by atoms with Gasteiger partial charge in [-0.25, -0.2) is 9.59 Å². The van der Waals surface area contributed by atoms with E-state index in [-0.39, 0.29) is 37.6 Å². The summed E-state index contributed by atoms with van der Waals surface area (Å²) in [5.41, 5.74) is 2.08. The summed E-state index contributed by atoms with van der Waals surface area (Å²) in [7, 11) is 0. The molecule has 0 bridgehead atoms. The highest BCUT2D eigenvalue weighted by Gasteiger charge is 2.54. The lowest BCUT2D eigenvalue weighted by Gasteiger charge is -2.35. The molecule has 4 amide bonds. The molecule has 15 nitrogen and oxygen atoms in total. The Morgan fingerprint density at radius 1 is 1.08 bits per heavy atom. The third kappa shape index (κ3) is 8.57. The van der Waals surface area contributed by atoms with E-state index in [1.165, 1.54) is 17.0 Å². The molecule has 1 saturated carbocycles. The van der Waals surface area contributed by atoms with Gasteiger partial charge in [0.05, 0.1) is 37.1 Å². The topological polar surface area (TPSA) is 202 Å². The van der Waals surface area contributed by atoms with Crippen LogP contribution in [0.5, 0.6) is 0 Å². The predicted molar refractivity (Wildman–Crippen MR) is 174 cm³/mol. The number of hydroxylamine groups is 1. The molecule has 0 unspecified atom stereocenters. The molecule has 3 fully saturated rings. The zero-order valence-corrected chi connectivity index (χ0v) is 28.2. The molecular formula is C34H45N5O10. The van der Waals surface area contributed by atoms with Gasteiger partial charge in [-0.15, -0.1) is 0 Å². The number of aromatic carboxylic acids is 1. The third-order valence-electron chi connectivity index (χ3n) is 9.04. The summed E-state index contributed by atoms with van der Waals surface area (Å²) < 4.78 is 10.8. The van der Waals surface area contributed by atoms with E-state index in [0.717, 1.165) is 12.8 Å². The van der Waals surface area contributed by atoms with Crippen LogP contribution in [-0.2, 0) is 33.5 Å². The summed E-state index contributed by atoms with van der Waals surface area (Å²) in [4.78, 5) is 85.9. The second-order valence-corrected chi connectivity index (χ2v) is 14.2. The Morgan fingerprint density at radius 2 is 1.80 bits per heavy atom. The van der Waals surface area contributed by atoms with E-state index in [1.807, 2.05) is 6.92 Å². The van der Waals surface area contributed by atoms with Gasteiger partial charge in [0.15, 0.2) is 0 Å². The van der Waals surface area contributed by atoms with E-state index in [4.69, 9.17) is 14.3 Å². The maximum absolute atomic E-state index is 14.4. The number of carboxylic acids is 1. The number of Topliss-reactive ketones (excluding diaryl/α,β-unsaturated/α-hetero) is 1. The number of carbonyl (C=O) groups excluding carboxylic acids is 5. The molecule has 1 aromatic rings. The van der Waals surface area contributed by atoms with Gasteiger partial charge in [0, 0.05) is 18.9 Å². The smallest absolute Gasteiger partial charge is 0.408 e. The number of nitrogens with zero attached hydrogens (tertiary/aromatic N) is 1. The van der Waals surface area contributed by atoms with Crippen molar-refractivity contribution in [1.29, 1.82) is 0 Å². The van der Waals surface area contributed by atoms with Crippen LogP contribution in [0.15, 0.2) is 30.3 Å². The molecule has 0 radical (unpaired) electrons. The highest BCUT2D eigenvalue weighted by atomic mass is 16.7. The third-order valence-corrected chi connectivity index (χ3v) is 9.04. The second-order valence-electron chi connectivity index (χ2n) is 14.2. The zero-order valence-electron chi connectivity index (χ0n) is 28.2. The lowest BCUT2D eigenvalue weighted by atomic mass is 9.85. The normalized spacial score (nSPS) is 24.4. The fourth-order valence-corrected chi connectivity index (χ4v) is 6.15. The van der Waals surface area contributed by atoms with Crippen molar-refractivity contribution in [2.75, 3.05) is 19.8 Å². The largest absolute Gasteiger partial charge is 0.478 e. The van der Waals surface area contributed by atoms with E-state index in [2.05, 4.69) is 21.4 Å². The Hall–Kier alpha value is -4.50. The number of rotatable bonds is 12. The molecule has 2 saturated heterocycles. The minimum absolute atomic E-state index is 0.0175. The summed E-state index contributed by atoms with van der Waals surface area (Å²) in [5, 5.41) is 17.4. The Bertz CT molecular complexity index is 1500. The molecule has 266 valence electrons. The van der Waals surface area contributed by atoms with Gasteiger partial charge in [0.25, 0.3) is 5.91 Å². The quantitative estimate of drug-likeness (QED) is 0.201. The summed E-state index contributed by atoms with van der Waals surface area (Å²) in [6, 6.07) is 2.71. The first kappa shape index (κ1) is 35.8. The first-order valence-electron chi connectivity index (χ1n) is 16.7. The van der Waals surface area contributed by atoms with Gasteiger partial charge in [-0.1, -0.05) is 46.2 Å². The van der Waals surface area contributed by atoms with Gasteiger partial charge in [-0.3, -0.25) is 29.5 Å². The molecule has 0 aromatic heterocycles. The number of hydrogen-bond acceptors (Lipinski definition) is 10. The molecular weight excluding hydrogens is 638 g/mol. The summed E-state index contributed by atoms with van der Waals surface area (Å²) >= 11 is 0. The van der Waals surface area contributed by atoms with Crippen molar-refractivity contribution < 1.29 is 48.2 Å². The molecule has 3 heterocycles. The second kappa shape index (κ2) is 14.5. The lowest BCUT2D eigenvalue weighted by molar-refractivity contribution is -0.144. The maximum atomic E-state index is 14.4. The number of amides is 4. The van der Waals surface area contributed by atoms with Crippen LogP contribution in [0.1, 0.15) is 82.1 Å². The fourth-order valence-electron chi connectivity index (χ4n) is 6.15. The van der Waals surface area contributed by atoms with Crippen LogP contribution in [0.3, 0.4) is 0 Å². The van der Waals surface area contributed by atoms with Crippen LogP contribution in [0, 0.1) is 5.41 Å². The van der Waals surface area contributed by atoms with Crippen LogP contribution >= 0.6 is 0 Å². The van der Waals surface area contributed by atoms with E-state index in [9.17, 15) is 33.9 Å². The average molecular weight is 684 g/mol. The number of ether oxygens (including phenoxy) is 2. The SMILES string of the molecule is CCC[C@H](NC(=O)[C@@H]1C[C@]2(C=C(c3ccc(C(=O)O)cc3)NO2)CN1C(=O)[C@@H](NC(=O)O[C@H]1CCOC1)C(C)(C)C)C(=O)C(=O)NC1CC1. The minimum Gasteiger partial charge on any atom is -0.478 e. The zero-order chi connectivity index (χ0) is 35.5. The van der Waals surface area contributed by atoms with Crippen LogP contribution in [0.25, 0.3) is 5.70 Å². The summed E-state index contributed by atoms with van der Waals surface area (Å²) in [5.74, 6) is -3.80. The first-order chi connectivity index (χ1) is 23.2. The minimum atomic E-state index is -1.20. The molecule has 5 rings (SSSR count). The van der Waals surface area contributed by atoms with Gasteiger partial charge in [0.2, 0.25) is 17.6 Å². The van der Waals surface area contributed by atoms with Crippen LogP contribution in [-0.4, -0.2) is 101 Å². The van der Waals surface area contributed by atoms with E-state index in [0.29, 0.717) is 30.7 Å². The molecule has 1 aromatic carbocycles. The van der Waals surface area contributed by atoms with E-state index >= 15 is 0 Å². The van der Waals surface area contributed by atoms with Gasteiger partial charge in [-0.05, 0) is 48.4 Å². The number of alkyl carbamates (subject to hydrolysis) is 1. The van der Waals surface area contributed by atoms with Gasteiger partial charge in [-0.2, -0.15) is 0 Å². The number of hydrogen-bond donors (Lipinski definition) is 5. The van der Waals surface area contributed by atoms with Crippen LogP contribution < -0.4 is 21.4 Å². The Balaban J connectivity index is 1.41. The van der Waals surface area contributed by atoms with Crippen molar-refractivity contribution >= 4 is 41.3 Å². The Kier molecular flexibility index (Phi) is 10.6. The van der Waals surface area contributed by atoms with Crippen molar-refractivity contribution in [1.82, 2.24) is 26.3 Å². The van der Waals surface area contributed by atoms with Gasteiger partial charge >= 0.3 is 12.1 Å². The molecule has 4 aliphatic rings. The monoisotopic (exact) mass is 683 g/mol. The molecule has 1 spiro atoms. The molecule has 5 atom stereocenters. The number of carboxylic acid groups (broad SMARTS) is 1. The van der Waals surface area contributed by atoms with E-state index < -0.39 is 70.8 Å². The summed E-state index contributed by atoms with van der Waals surface area (Å²) in [6.07, 6.45) is 3.33. The lowest BCUT2D eigenvalue weighted by Crippen LogP contribution is -2.59. The van der Waals surface area contributed by atoms with Crippen LogP contribution in [0.4, 0.5) is 4.79 Å². The Morgan fingerprint density at radius 3 is 2.39 bits per heavy atom. The standard InChI is InChI=1S/C34H45N5O10/c1-5-6-23(26(40)29(42)35-21-11-12-21)36-28(41)25-16-34(15-24(38-49-34)19-7-9-20(10-8-19)31(44)45)18-39(25)30(43)27(33(2,3)4)37-32(46)48-22-13-14-47-17-22/h7-10,15,21-23,25,27,38H,5-6,11-14,16-18H2,1-4H3,(H,35,42)(H,36,41)(H,37,46)(H,44,45)/t22-,23-,25-,27+,34+/m0/s1. The number of carbonyl (C=O) groups is 6. The van der Waals surface area contributed by atoms with Crippen molar-refractivity contribution in [3.05, 3.63) is 41.5 Å². The van der Waals surface area contributed by atoms with Crippen molar-refractivity contribution in [2.24, 2.45) is 5.41 Å². The number of ketones is 1. The average Bonchev–Trinajstić information content (AvgIpc) is 3.39. The molecule has 3 aliphatic heterocycles. The maximum Gasteiger partial charge on any atom is 0.408 e. The van der Waals surface area contributed by atoms with Gasteiger partial charge in [0.1, 0.15) is 23.8 Å². The van der Waals surface area contributed by atoms with Crippen molar-refractivity contribution in [2.45, 2.75) is 102 Å². The van der Waals surface area contributed by atoms with E-state index in [1.54, 1.807) is 39.0 Å². The fraction of sp³-hybridized carbons (Fsp3) is 0.588.